The van der Waals surface area contributed by atoms with Gasteiger partial charge in [-0.1, -0.05) is 28.3 Å². The summed E-state index contributed by atoms with van der Waals surface area (Å²) in [5.74, 6) is -0.0117. The Balaban J connectivity index is 2.10. The molecule has 0 aliphatic heterocycles. The summed E-state index contributed by atoms with van der Waals surface area (Å²) < 4.78 is 0.835. The van der Waals surface area contributed by atoms with Gasteiger partial charge in [0.1, 0.15) is 5.69 Å². The van der Waals surface area contributed by atoms with Crippen LogP contribution in [0.5, 0.6) is 0 Å². The second kappa shape index (κ2) is 5.85. The Kier molecular flexibility index (Phi) is 4.17. The second-order valence-corrected chi connectivity index (χ2v) is 5.99. The molecule has 0 spiro atoms. The number of amidine groups is 1. The van der Waals surface area contributed by atoms with Crippen molar-refractivity contribution in [1.82, 2.24) is 15.2 Å². The monoisotopic (exact) mass is 296 g/mol. The topological polar surface area (TPSA) is 101 Å². The summed E-state index contributed by atoms with van der Waals surface area (Å²) in [7, 11) is 3.84. The van der Waals surface area contributed by atoms with E-state index in [0.717, 1.165) is 14.4 Å². The van der Waals surface area contributed by atoms with Crippen molar-refractivity contribution < 1.29 is 5.21 Å². The van der Waals surface area contributed by atoms with Gasteiger partial charge in [0.2, 0.25) is 5.13 Å². The van der Waals surface area contributed by atoms with E-state index >= 15 is 0 Å². The quantitative estimate of drug-likeness (QED) is 0.379. The van der Waals surface area contributed by atoms with Crippen LogP contribution in [0.3, 0.4) is 0 Å². The van der Waals surface area contributed by atoms with Crippen molar-refractivity contribution in [2.45, 2.75) is 9.24 Å². The van der Waals surface area contributed by atoms with Gasteiger partial charge in [-0.15, -0.1) is 10.2 Å². The van der Waals surface area contributed by atoms with Crippen LogP contribution in [0.4, 0.5) is 5.13 Å². The van der Waals surface area contributed by atoms with Gasteiger partial charge in [-0.2, -0.15) is 0 Å². The number of aromatic nitrogens is 3. The molecule has 19 heavy (non-hydrogen) atoms. The lowest BCUT2D eigenvalue weighted by atomic mass is 10.3. The number of nitrogens with two attached hydrogens (primary N) is 1. The molecule has 2 rings (SSSR count). The highest BCUT2D eigenvalue weighted by atomic mass is 32.2. The average molecular weight is 296 g/mol. The average Bonchev–Trinajstić information content (AvgIpc) is 2.87. The molecule has 0 amide bonds. The molecule has 0 saturated carbocycles. The molecule has 7 nitrogen and oxygen atoms in total. The summed E-state index contributed by atoms with van der Waals surface area (Å²) in [4.78, 5) is 6.91. The molecule has 9 heteroatoms. The lowest BCUT2D eigenvalue weighted by Gasteiger charge is -2.03. The summed E-state index contributed by atoms with van der Waals surface area (Å²) in [6, 6.07) is 3.52. The second-order valence-electron chi connectivity index (χ2n) is 3.71. The third-order valence-electron chi connectivity index (χ3n) is 2.09. The van der Waals surface area contributed by atoms with Crippen molar-refractivity contribution in [2.75, 3.05) is 19.0 Å². The van der Waals surface area contributed by atoms with Crippen LogP contribution < -0.4 is 10.6 Å². The molecule has 0 aliphatic rings. The summed E-state index contributed by atoms with van der Waals surface area (Å²) in [6.45, 7) is 0. The lowest BCUT2D eigenvalue weighted by molar-refractivity contribution is 0.318. The van der Waals surface area contributed by atoms with Crippen LogP contribution >= 0.6 is 23.1 Å². The van der Waals surface area contributed by atoms with Gasteiger partial charge >= 0.3 is 0 Å². The zero-order valence-electron chi connectivity index (χ0n) is 10.3. The molecule has 0 aliphatic carbocycles. The van der Waals surface area contributed by atoms with Gasteiger partial charge in [0.25, 0.3) is 0 Å². The Bertz CT molecular complexity index is 580. The van der Waals surface area contributed by atoms with Crippen molar-refractivity contribution in [3.05, 3.63) is 24.0 Å². The first-order valence-corrected chi connectivity index (χ1v) is 6.86. The standard InChI is InChI=1S/C10H12N6OS2/c1-16(2)9-13-14-10(19-9)18-6-3-4-7(12-5-6)8(11)15-17/h3-5,17H,1-2H3,(H2,11,15). The first-order chi connectivity index (χ1) is 9.10. The molecule has 100 valence electrons. The first-order valence-electron chi connectivity index (χ1n) is 5.23. The van der Waals surface area contributed by atoms with E-state index in [1.165, 1.54) is 23.1 Å². The minimum Gasteiger partial charge on any atom is -0.409 e. The summed E-state index contributed by atoms with van der Waals surface area (Å²) in [5.41, 5.74) is 5.87. The molecule has 2 aromatic rings. The van der Waals surface area contributed by atoms with Gasteiger partial charge in [-0.3, -0.25) is 4.98 Å². The van der Waals surface area contributed by atoms with E-state index in [4.69, 9.17) is 10.9 Å². The SMILES string of the molecule is CN(C)c1nnc(Sc2ccc(/C(N)=N/O)nc2)s1. The molecule has 0 atom stereocenters. The van der Waals surface area contributed by atoms with Crippen LogP contribution in [0, 0.1) is 0 Å². The molecule has 0 radical (unpaired) electrons. The minimum absolute atomic E-state index is 0.0117. The number of rotatable bonds is 4. The van der Waals surface area contributed by atoms with Crippen LogP contribution in [0.25, 0.3) is 0 Å². The maximum Gasteiger partial charge on any atom is 0.208 e. The fraction of sp³-hybridized carbons (Fsp3) is 0.200. The smallest absolute Gasteiger partial charge is 0.208 e. The highest BCUT2D eigenvalue weighted by molar-refractivity contribution is 8.01. The third kappa shape index (κ3) is 3.32. The summed E-state index contributed by atoms with van der Waals surface area (Å²) in [5, 5.41) is 20.4. The van der Waals surface area contributed by atoms with E-state index in [1.54, 1.807) is 12.3 Å². The largest absolute Gasteiger partial charge is 0.409 e. The summed E-state index contributed by atoms with van der Waals surface area (Å²) >= 11 is 2.97. The number of anilines is 1. The number of hydrogen-bond acceptors (Lipinski definition) is 8. The van der Waals surface area contributed by atoms with E-state index in [2.05, 4.69) is 20.3 Å². The predicted molar refractivity (Wildman–Crippen MR) is 75.1 cm³/mol. The molecule has 2 heterocycles. The van der Waals surface area contributed by atoms with Gasteiger partial charge in [0.15, 0.2) is 10.2 Å². The zero-order chi connectivity index (χ0) is 13.8. The molecule has 3 N–H and O–H groups in total. The van der Waals surface area contributed by atoms with E-state index < -0.39 is 0 Å². The Labute approximate surface area is 118 Å². The lowest BCUT2D eigenvalue weighted by Crippen LogP contribution is -2.14. The molecular weight excluding hydrogens is 284 g/mol. The molecule has 2 aromatic heterocycles. The van der Waals surface area contributed by atoms with Crippen molar-refractivity contribution >= 4 is 34.1 Å². The Morgan fingerprint density at radius 2 is 2.21 bits per heavy atom. The van der Waals surface area contributed by atoms with Gasteiger partial charge < -0.3 is 15.8 Å². The van der Waals surface area contributed by atoms with Gasteiger partial charge in [-0.25, -0.2) is 0 Å². The fourth-order valence-electron chi connectivity index (χ4n) is 1.17. The van der Waals surface area contributed by atoms with E-state index in [-0.39, 0.29) is 5.84 Å². The molecule has 0 aromatic carbocycles. The van der Waals surface area contributed by atoms with Crippen LogP contribution in [0.15, 0.2) is 32.7 Å². The fourth-order valence-corrected chi connectivity index (χ4v) is 2.87. The molecule has 0 bridgehead atoms. The zero-order valence-corrected chi connectivity index (χ0v) is 11.9. The maximum absolute atomic E-state index is 8.54. The van der Waals surface area contributed by atoms with E-state index in [0.29, 0.717) is 5.69 Å². The Morgan fingerprint density at radius 3 is 2.74 bits per heavy atom. The highest BCUT2D eigenvalue weighted by Crippen LogP contribution is 2.32. The number of hydrogen-bond donors (Lipinski definition) is 2. The molecule has 0 fully saturated rings. The third-order valence-corrected chi connectivity index (χ3v) is 4.21. The Hall–Kier alpha value is -1.87. The van der Waals surface area contributed by atoms with Crippen LogP contribution in [-0.2, 0) is 0 Å². The van der Waals surface area contributed by atoms with Crippen molar-refractivity contribution in [2.24, 2.45) is 10.9 Å². The highest BCUT2D eigenvalue weighted by Gasteiger charge is 2.08. The van der Waals surface area contributed by atoms with Crippen LogP contribution in [0.2, 0.25) is 0 Å². The number of oxime groups is 1. The van der Waals surface area contributed by atoms with Gasteiger partial charge in [0.05, 0.1) is 0 Å². The normalized spacial score (nSPS) is 11.6. The Morgan fingerprint density at radius 1 is 1.42 bits per heavy atom. The van der Waals surface area contributed by atoms with Gasteiger partial charge in [-0.05, 0) is 12.1 Å². The van der Waals surface area contributed by atoms with Gasteiger partial charge in [0, 0.05) is 25.2 Å². The molecule has 0 saturated heterocycles. The number of pyridine rings is 1. The van der Waals surface area contributed by atoms with Crippen LogP contribution in [0.1, 0.15) is 5.69 Å². The van der Waals surface area contributed by atoms with E-state index in [9.17, 15) is 0 Å². The van der Waals surface area contributed by atoms with Crippen molar-refractivity contribution in [1.29, 1.82) is 0 Å². The first kappa shape index (κ1) is 13.6. The minimum atomic E-state index is -0.0117. The van der Waals surface area contributed by atoms with Crippen molar-refractivity contribution in [3.8, 4) is 0 Å². The molecular formula is C10H12N6OS2. The van der Waals surface area contributed by atoms with Crippen molar-refractivity contribution in [3.63, 3.8) is 0 Å². The van der Waals surface area contributed by atoms with Crippen LogP contribution in [-0.4, -0.2) is 40.3 Å². The number of nitrogens with zero attached hydrogens (tertiary/aromatic N) is 5. The predicted octanol–water partition coefficient (Wildman–Crippen LogP) is 1.24. The molecule has 0 unspecified atom stereocenters. The maximum atomic E-state index is 8.54. The van der Waals surface area contributed by atoms with E-state index in [1.807, 2.05) is 25.1 Å². The summed E-state index contributed by atoms with van der Waals surface area (Å²) in [6.07, 6.45) is 1.65.